The molecule has 5 heteroatoms. The van der Waals surface area contributed by atoms with Crippen LogP contribution in [-0.2, 0) is 9.53 Å². The van der Waals surface area contributed by atoms with Crippen molar-refractivity contribution in [3.05, 3.63) is 24.3 Å². The lowest BCUT2D eigenvalue weighted by Gasteiger charge is -2.25. The summed E-state index contributed by atoms with van der Waals surface area (Å²) in [7, 11) is 3.15. The molecular weight excluding hydrogens is 270 g/mol. The van der Waals surface area contributed by atoms with Crippen LogP contribution in [0.15, 0.2) is 24.3 Å². The zero-order chi connectivity index (χ0) is 15.7. The number of nitrogens with one attached hydrogen (secondary N) is 1. The number of ether oxygens (including phenoxy) is 3. The summed E-state index contributed by atoms with van der Waals surface area (Å²) in [6.45, 7) is 4.93. The zero-order valence-corrected chi connectivity index (χ0v) is 13.3. The molecule has 0 aliphatic rings. The number of esters is 1. The fourth-order valence-electron chi connectivity index (χ4n) is 1.99. The van der Waals surface area contributed by atoms with E-state index in [2.05, 4.69) is 5.32 Å². The second kappa shape index (κ2) is 8.52. The van der Waals surface area contributed by atoms with Gasteiger partial charge in [-0.2, -0.15) is 0 Å². The Morgan fingerprint density at radius 1 is 1.29 bits per heavy atom. The van der Waals surface area contributed by atoms with Gasteiger partial charge in [0.25, 0.3) is 0 Å². The Bertz CT molecular complexity index is 450. The average Bonchev–Trinajstić information content (AvgIpc) is 2.51. The van der Waals surface area contributed by atoms with Crippen LogP contribution in [0.3, 0.4) is 0 Å². The summed E-state index contributed by atoms with van der Waals surface area (Å²) in [6, 6.07) is 7.54. The third-order valence-electron chi connectivity index (χ3n) is 3.39. The lowest BCUT2D eigenvalue weighted by molar-refractivity contribution is -0.148. The van der Waals surface area contributed by atoms with Crippen LogP contribution >= 0.6 is 0 Å². The molecule has 0 saturated carbocycles. The molecule has 0 aliphatic heterocycles. The summed E-state index contributed by atoms with van der Waals surface area (Å²) in [5.41, 5.74) is -0.675. The lowest BCUT2D eigenvalue weighted by atomic mass is 9.96. The maximum atomic E-state index is 11.7. The number of carbonyl (C=O) groups excluding carboxylic acids is 1. The van der Waals surface area contributed by atoms with Crippen molar-refractivity contribution < 1.29 is 19.0 Å². The first-order valence-electron chi connectivity index (χ1n) is 7.18. The van der Waals surface area contributed by atoms with Gasteiger partial charge >= 0.3 is 5.97 Å². The molecule has 0 aliphatic carbocycles. The molecule has 0 bridgehead atoms. The number of methoxy groups -OCH3 is 1. The van der Waals surface area contributed by atoms with Crippen LogP contribution < -0.4 is 14.8 Å². The van der Waals surface area contributed by atoms with Crippen molar-refractivity contribution in [2.75, 3.05) is 27.4 Å². The maximum absolute atomic E-state index is 11.7. The first-order valence-corrected chi connectivity index (χ1v) is 7.18. The van der Waals surface area contributed by atoms with Crippen molar-refractivity contribution in [3.63, 3.8) is 0 Å². The summed E-state index contributed by atoms with van der Waals surface area (Å²) >= 11 is 0. The van der Waals surface area contributed by atoms with E-state index >= 15 is 0 Å². The van der Waals surface area contributed by atoms with Crippen molar-refractivity contribution in [1.82, 2.24) is 5.32 Å². The first kappa shape index (κ1) is 17.3. The number of hydrogen-bond donors (Lipinski definition) is 1. The van der Waals surface area contributed by atoms with E-state index in [4.69, 9.17) is 14.2 Å². The summed E-state index contributed by atoms with van der Waals surface area (Å²) in [5, 5.41) is 3.00. The zero-order valence-electron chi connectivity index (χ0n) is 13.3. The smallest absolute Gasteiger partial charge is 0.325 e. The fourth-order valence-corrected chi connectivity index (χ4v) is 1.99. The summed E-state index contributed by atoms with van der Waals surface area (Å²) in [6.07, 6.45) is 1.38. The third kappa shape index (κ3) is 5.27. The largest absolute Gasteiger partial charge is 0.494 e. The van der Waals surface area contributed by atoms with Crippen LogP contribution in [0.4, 0.5) is 0 Å². The molecule has 0 amide bonds. The van der Waals surface area contributed by atoms with E-state index in [0.29, 0.717) is 19.6 Å². The molecule has 1 unspecified atom stereocenters. The molecule has 0 spiro atoms. The molecule has 0 fully saturated rings. The van der Waals surface area contributed by atoms with E-state index in [9.17, 15) is 4.79 Å². The molecular formula is C16H25NO4. The molecule has 118 valence electrons. The van der Waals surface area contributed by atoms with Crippen molar-refractivity contribution in [2.45, 2.75) is 32.2 Å². The molecule has 0 radical (unpaired) electrons. The lowest BCUT2D eigenvalue weighted by Crippen LogP contribution is -2.48. The van der Waals surface area contributed by atoms with Crippen LogP contribution in [0.1, 0.15) is 26.7 Å². The molecule has 1 atom stereocenters. The highest BCUT2D eigenvalue weighted by Gasteiger charge is 2.31. The Morgan fingerprint density at radius 3 is 2.52 bits per heavy atom. The Kier molecular flexibility index (Phi) is 7.02. The van der Waals surface area contributed by atoms with Crippen LogP contribution in [0.2, 0.25) is 0 Å². The van der Waals surface area contributed by atoms with E-state index in [1.165, 1.54) is 7.11 Å². The van der Waals surface area contributed by atoms with Crippen LogP contribution in [0.5, 0.6) is 11.5 Å². The highest BCUT2D eigenvalue weighted by atomic mass is 16.5. The van der Waals surface area contributed by atoms with E-state index in [1.54, 1.807) is 7.05 Å². The van der Waals surface area contributed by atoms with Gasteiger partial charge in [-0.15, -0.1) is 0 Å². The van der Waals surface area contributed by atoms with Gasteiger partial charge in [-0.1, -0.05) is 6.07 Å². The minimum Gasteiger partial charge on any atom is -0.494 e. The first-order chi connectivity index (χ1) is 10.1. The van der Waals surface area contributed by atoms with Crippen molar-refractivity contribution in [3.8, 4) is 11.5 Å². The molecule has 1 N–H and O–H groups in total. The summed E-state index contributed by atoms with van der Waals surface area (Å²) < 4.78 is 15.9. The number of hydrogen-bond acceptors (Lipinski definition) is 5. The quantitative estimate of drug-likeness (QED) is 0.560. The Balaban J connectivity index is 2.43. The van der Waals surface area contributed by atoms with Gasteiger partial charge in [-0.25, -0.2) is 0 Å². The standard InChI is InChI=1S/C16H25NO4/c1-5-20-13-8-6-9-14(12-13)21-11-7-10-16(2,17-3)15(18)19-4/h6,8-9,12,17H,5,7,10-11H2,1-4H3. The highest BCUT2D eigenvalue weighted by molar-refractivity contribution is 5.80. The van der Waals surface area contributed by atoms with Gasteiger partial charge in [0.1, 0.15) is 17.0 Å². The van der Waals surface area contributed by atoms with Gasteiger partial charge in [0.15, 0.2) is 0 Å². The molecule has 0 aromatic heterocycles. The Labute approximate surface area is 126 Å². The summed E-state index contributed by atoms with van der Waals surface area (Å²) in [4.78, 5) is 11.7. The molecule has 0 heterocycles. The SMILES string of the molecule is CCOc1cccc(OCCCC(C)(NC)C(=O)OC)c1. The van der Waals surface area contributed by atoms with Crippen molar-refractivity contribution >= 4 is 5.97 Å². The van der Waals surface area contributed by atoms with Gasteiger partial charge in [-0.3, -0.25) is 4.79 Å². The van der Waals surface area contributed by atoms with Crippen LogP contribution in [0.25, 0.3) is 0 Å². The Morgan fingerprint density at radius 2 is 1.95 bits per heavy atom. The van der Waals surface area contributed by atoms with E-state index in [1.807, 2.05) is 38.1 Å². The molecule has 5 nitrogen and oxygen atoms in total. The second-order valence-corrected chi connectivity index (χ2v) is 4.93. The van der Waals surface area contributed by atoms with Crippen molar-refractivity contribution in [2.24, 2.45) is 0 Å². The average molecular weight is 295 g/mol. The molecule has 21 heavy (non-hydrogen) atoms. The monoisotopic (exact) mass is 295 g/mol. The number of carbonyl (C=O) groups is 1. The van der Waals surface area contributed by atoms with E-state index in [-0.39, 0.29) is 5.97 Å². The highest BCUT2D eigenvalue weighted by Crippen LogP contribution is 2.20. The van der Waals surface area contributed by atoms with Crippen LogP contribution in [0, 0.1) is 0 Å². The minimum atomic E-state index is -0.675. The van der Waals surface area contributed by atoms with Gasteiger partial charge in [0.2, 0.25) is 0 Å². The normalized spacial score (nSPS) is 13.3. The van der Waals surface area contributed by atoms with Crippen LogP contribution in [-0.4, -0.2) is 38.9 Å². The number of benzene rings is 1. The predicted molar refractivity (Wildman–Crippen MR) is 81.8 cm³/mol. The number of rotatable bonds is 9. The third-order valence-corrected chi connectivity index (χ3v) is 3.39. The predicted octanol–water partition coefficient (Wildman–Crippen LogP) is 2.40. The van der Waals surface area contributed by atoms with Gasteiger partial charge in [0, 0.05) is 6.07 Å². The second-order valence-electron chi connectivity index (χ2n) is 4.93. The van der Waals surface area contributed by atoms with Gasteiger partial charge in [0.05, 0.1) is 20.3 Å². The topological polar surface area (TPSA) is 56.8 Å². The molecule has 0 saturated heterocycles. The molecule has 1 aromatic rings. The van der Waals surface area contributed by atoms with E-state index < -0.39 is 5.54 Å². The maximum Gasteiger partial charge on any atom is 0.325 e. The number of likely N-dealkylation sites (N-methyl/N-ethyl adjacent to an activating group) is 1. The Hall–Kier alpha value is -1.75. The van der Waals surface area contributed by atoms with Gasteiger partial charge in [-0.05, 0) is 45.9 Å². The molecule has 1 aromatic carbocycles. The van der Waals surface area contributed by atoms with E-state index in [0.717, 1.165) is 17.9 Å². The minimum absolute atomic E-state index is 0.261. The summed E-state index contributed by atoms with van der Waals surface area (Å²) in [5.74, 6) is 1.30. The van der Waals surface area contributed by atoms with Crippen molar-refractivity contribution in [1.29, 1.82) is 0 Å². The fraction of sp³-hybridized carbons (Fsp3) is 0.562. The molecule has 1 rings (SSSR count). The van der Waals surface area contributed by atoms with Gasteiger partial charge < -0.3 is 19.5 Å².